The first-order valence-electron chi connectivity index (χ1n) is 10.2. The van der Waals surface area contributed by atoms with Crippen LogP contribution in [0, 0.1) is 11.8 Å². The molecule has 0 heterocycles. The fourth-order valence-corrected chi connectivity index (χ4v) is 2.78. The van der Waals surface area contributed by atoms with Crippen LogP contribution in [0.15, 0.2) is 0 Å². The maximum absolute atomic E-state index is 12.8. The van der Waals surface area contributed by atoms with Gasteiger partial charge in [0.25, 0.3) is 0 Å². The molecule has 30 heavy (non-hydrogen) atoms. The Labute approximate surface area is 177 Å². The van der Waals surface area contributed by atoms with Crippen molar-refractivity contribution in [3.05, 3.63) is 5.53 Å². The van der Waals surface area contributed by atoms with Crippen LogP contribution < -0.4 is 16.4 Å². The van der Waals surface area contributed by atoms with Crippen LogP contribution in [0.3, 0.4) is 0 Å². The van der Waals surface area contributed by atoms with Crippen LogP contribution >= 0.6 is 0 Å². The lowest BCUT2D eigenvalue weighted by Gasteiger charge is -2.25. The SMILES string of the molecule is CCOC(=O)[C@H](CCC(=O)C=[N+]=[N-])NC(=O)[C@H](CC(C)C)NC(=O)[C@@H](N)CC(C)C. The van der Waals surface area contributed by atoms with Gasteiger partial charge in [0, 0.05) is 6.42 Å². The predicted molar refractivity (Wildman–Crippen MR) is 111 cm³/mol. The van der Waals surface area contributed by atoms with E-state index in [2.05, 4.69) is 15.4 Å². The lowest BCUT2D eigenvalue weighted by molar-refractivity contribution is -0.148. The minimum Gasteiger partial charge on any atom is -0.464 e. The van der Waals surface area contributed by atoms with Gasteiger partial charge in [-0.2, -0.15) is 4.79 Å². The summed E-state index contributed by atoms with van der Waals surface area (Å²) >= 11 is 0. The average Bonchev–Trinajstić information content (AvgIpc) is 2.63. The molecule has 0 saturated heterocycles. The predicted octanol–water partition coefficient (Wildman–Crippen LogP) is 0.589. The maximum atomic E-state index is 12.8. The maximum Gasteiger partial charge on any atom is 0.328 e. The van der Waals surface area contributed by atoms with Crippen LogP contribution in [0.5, 0.6) is 0 Å². The number of nitrogens with two attached hydrogens (primary N) is 1. The smallest absolute Gasteiger partial charge is 0.328 e. The Morgan fingerprint density at radius 3 is 2.07 bits per heavy atom. The molecule has 0 aromatic rings. The summed E-state index contributed by atoms with van der Waals surface area (Å²) < 4.78 is 4.97. The molecule has 0 aliphatic carbocycles. The Bertz CT molecular complexity index is 643. The van der Waals surface area contributed by atoms with Gasteiger partial charge < -0.3 is 26.6 Å². The van der Waals surface area contributed by atoms with Crippen LogP contribution in [0.4, 0.5) is 0 Å². The first-order chi connectivity index (χ1) is 14.0. The van der Waals surface area contributed by atoms with Gasteiger partial charge in [-0.3, -0.25) is 14.4 Å². The summed E-state index contributed by atoms with van der Waals surface area (Å²) in [5.74, 6) is -1.89. The summed E-state index contributed by atoms with van der Waals surface area (Å²) in [6.45, 7) is 9.41. The lowest BCUT2D eigenvalue weighted by atomic mass is 10.00. The topological polar surface area (TPSA) is 164 Å². The highest BCUT2D eigenvalue weighted by atomic mass is 16.5. The van der Waals surface area contributed by atoms with E-state index in [0.717, 1.165) is 6.21 Å². The molecule has 2 amide bonds. The van der Waals surface area contributed by atoms with Gasteiger partial charge >= 0.3 is 12.2 Å². The zero-order valence-corrected chi connectivity index (χ0v) is 18.5. The van der Waals surface area contributed by atoms with E-state index in [1.165, 1.54) is 0 Å². The average molecular weight is 426 g/mol. The molecule has 0 fully saturated rings. The Kier molecular flexibility index (Phi) is 13.2. The lowest BCUT2D eigenvalue weighted by Crippen LogP contribution is -2.55. The van der Waals surface area contributed by atoms with E-state index in [1.807, 2.05) is 27.7 Å². The highest BCUT2D eigenvalue weighted by Gasteiger charge is 2.29. The van der Waals surface area contributed by atoms with Gasteiger partial charge in [-0.25, -0.2) is 4.79 Å². The monoisotopic (exact) mass is 425 g/mol. The molecule has 0 rings (SSSR count). The van der Waals surface area contributed by atoms with Crippen molar-refractivity contribution in [1.29, 1.82) is 0 Å². The summed E-state index contributed by atoms with van der Waals surface area (Å²) in [5, 5.41) is 5.23. The molecular formula is C20H35N5O5. The number of carbonyl (C=O) groups excluding carboxylic acids is 4. The molecule has 10 heteroatoms. The number of amides is 2. The Balaban J connectivity index is 5.29. The van der Waals surface area contributed by atoms with Crippen molar-refractivity contribution in [3.63, 3.8) is 0 Å². The van der Waals surface area contributed by atoms with Crippen molar-refractivity contribution in [2.24, 2.45) is 17.6 Å². The molecule has 3 atom stereocenters. The van der Waals surface area contributed by atoms with E-state index >= 15 is 0 Å². The third-order valence-electron chi connectivity index (χ3n) is 4.17. The van der Waals surface area contributed by atoms with Gasteiger partial charge in [0.1, 0.15) is 12.1 Å². The largest absolute Gasteiger partial charge is 0.464 e. The molecule has 0 unspecified atom stereocenters. The van der Waals surface area contributed by atoms with Crippen molar-refractivity contribution in [3.8, 4) is 0 Å². The molecule has 0 bridgehead atoms. The molecular weight excluding hydrogens is 390 g/mol. The van der Waals surface area contributed by atoms with Gasteiger partial charge in [-0.05, 0) is 38.0 Å². The molecule has 4 N–H and O–H groups in total. The molecule has 0 aliphatic heterocycles. The minimum absolute atomic E-state index is 0.0371. The number of esters is 1. The van der Waals surface area contributed by atoms with Crippen LogP contribution in [0.25, 0.3) is 5.53 Å². The van der Waals surface area contributed by atoms with Crippen LogP contribution in [-0.4, -0.2) is 59.3 Å². The van der Waals surface area contributed by atoms with Gasteiger partial charge in [-0.1, -0.05) is 27.7 Å². The number of Topliss-reactive ketones (excluding diaryl/α,β-unsaturated/α-hetero) is 1. The van der Waals surface area contributed by atoms with Crippen LogP contribution in [0.2, 0.25) is 0 Å². The minimum atomic E-state index is -1.08. The second-order valence-corrected chi connectivity index (χ2v) is 7.99. The van der Waals surface area contributed by atoms with Crippen molar-refractivity contribution in [1.82, 2.24) is 10.6 Å². The summed E-state index contributed by atoms with van der Waals surface area (Å²) in [5.41, 5.74) is 14.3. The number of nitrogens with one attached hydrogen (secondary N) is 2. The van der Waals surface area contributed by atoms with E-state index in [4.69, 9.17) is 16.0 Å². The summed E-state index contributed by atoms with van der Waals surface area (Å²) in [6, 6.07) is -2.71. The van der Waals surface area contributed by atoms with E-state index in [1.54, 1.807) is 6.92 Å². The first kappa shape index (κ1) is 27.4. The number of hydrogen-bond donors (Lipinski definition) is 3. The molecule has 0 spiro atoms. The normalized spacial score (nSPS) is 13.7. The molecule has 0 saturated carbocycles. The van der Waals surface area contributed by atoms with Crippen molar-refractivity contribution >= 4 is 29.8 Å². The third kappa shape index (κ3) is 11.4. The quantitative estimate of drug-likeness (QED) is 0.159. The number of nitrogens with zero attached hydrogens (tertiary/aromatic N) is 2. The standard InChI is InChI=1S/C20H35N5O5/c1-6-30-20(29)16(8-7-14(26)11-23-22)24-19(28)17(10-13(4)5)25-18(27)15(21)9-12(2)3/h11-13,15-17H,6-10,21H2,1-5H3,(H,24,28)(H,25,27)/t15-,16-,17-/m0/s1. The highest BCUT2D eigenvalue weighted by Crippen LogP contribution is 2.09. The summed E-state index contributed by atoms with van der Waals surface area (Å²) in [4.78, 5) is 51.6. The number of ketones is 1. The van der Waals surface area contributed by atoms with E-state index in [0.29, 0.717) is 12.8 Å². The highest BCUT2D eigenvalue weighted by molar-refractivity contribution is 6.25. The van der Waals surface area contributed by atoms with Crippen LogP contribution in [0.1, 0.15) is 60.3 Å². The second-order valence-electron chi connectivity index (χ2n) is 7.99. The second kappa shape index (κ2) is 14.4. The third-order valence-corrected chi connectivity index (χ3v) is 4.17. The summed E-state index contributed by atoms with van der Waals surface area (Å²) in [6.07, 6.45) is 1.38. The van der Waals surface area contributed by atoms with Gasteiger partial charge in [0.15, 0.2) is 0 Å². The molecule has 0 aliphatic rings. The zero-order valence-electron chi connectivity index (χ0n) is 18.5. The molecule has 10 nitrogen and oxygen atoms in total. The van der Waals surface area contributed by atoms with Gasteiger partial charge in [0.2, 0.25) is 17.6 Å². The number of hydrogen-bond acceptors (Lipinski definition) is 6. The fourth-order valence-electron chi connectivity index (χ4n) is 2.78. The Morgan fingerprint density at radius 2 is 1.57 bits per heavy atom. The van der Waals surface area contributed by atoms with Crippen molar-refractivity contribution < 1.29 is 28.7 Å². The zero-order chi connectivity index (χ0) is 23.3. The van der Waals surface area contributed by atoms with Gasteiger partial charge in [0.05, 0.1) is 12.6 Å². The van der Waals surface area contributed by atoms with E-state index in [9.17, 15) is 19.2 Å². The van der Waals surface area contributed by atoms with E-state index < -0.39 is 41.7 Å². The Hall–Kier alpha value is -2.58. The molecule has 0 aromatic heterocycles. The number of carbonyl (C=O) groups is 4. The molecule has 0 radical (unpaired) electrons. The fraction of sp³-hybridized carbons (Fsp3) is 0.750. The molecule has 0 aromatic carbocycles. The Morgan fingerprint density at radius 1 is 1.00 bits per heavy atom. The number of ether oxygens (including phenoxy) is 1. The van der Waals surface area contributed by atoms with Crippen molar-refractivity contribution in [2.75, 3.05) is 6.61 Å². The number of rotatable bonds is 14. The van der Waals surface area contributed by atoms with Gasteiger partial charge in [-0.15, -0.1) is 0 Å². The first-order valence-corrected chi connectivity index (χ1v) is 10.2. The van der Waals surface area contributed by atoms with E-state index in [-0.39, 0.29) is 31.3 Å². The van der Waals surface area contributed by atoms with Crippen LogP contribution in [-0.2, 0) is 23.9 Å². The summed E-state index contributed by atoms with van der Waals surface area (Å²) in [7, 11) is 0. The molecule has 170 valence electrons. The van der Waals surface area contributed by atoms with Crippen molar-refractivity contribution in [2.45, 2.75) is 78.4 Å².